The smallest absolute Gasteiger partial charge is 0.253 e. The summed E-state index contributed by atoms with van der Waals surface area (Å²) in [6.07, 6.45) is 5.79. The summed E-state index contributed by atoms with van der Waals surface area (Å²) in [5.74, 6) is 0.827. The van der Waals surface area contributed by atoms with Crippen LogP contribution in [-0.2, 0) is 6.54 Å². The molecule has 3 heterocycles. The highest BCUT2D eigenvalue weighted by Gasteiger charge is 2.20. The second-order valence-electron chi connectivity index (χ2n) is 7.04. The third-order valence-electron chi connectivity index (χ3n) is 4.81. The molecule has 5 nitrogen and oxygen atoms in total. The van der Waals surface area contributed by atoms with E-state index in [4.69, 9.17) is 0 Å². The summed E-state index contributed by atoms with van der Waals surface area (Å²) in [6, 6.07) is 5.89. The molecular formula is C19H26N4O. The van der Waals surface area contributed by atoms with Gasteiger partial charge in [-0.1, -0.05) is 13.8 Å². The lowest BCUT2D eigenvalue weighted by Crippen LogP contribution is -2.36. The van der Waals surface area contributed by atoms with Gasteiger partial charge in [0.25, 0.3) is 5.56 Å². The predicted octanol–water partition coefficient (Wildman–Crippen LogP) is 2.99. The number of rotatable bonds is 4. The van der Waals surface area contributed by atoms with Gasteiger partial charge in [0.05, 0.1) is 12.0 Å². The van der Waals surface area contributed by atoms with Crippen LogP contribution in [0.2, 0.25) is 0 Å². The van der Waals surface area contributed by atoms with Crippen LogP contribution >= 0.6 is 0 Å². The van der Waals surface area contributed by atoms with Crippen LogP contribution in [0, 0.1) is 12.8 Å². The first kappa shape index (κ1) is 16.7. The van der Waals surface area contributed by atoms with Gasteiger partial charge in [-0.3, -0.25) is 14.3 Å². The van der Waals surface area contributed by atoms with Crippen molar-refractivity contribution in [2.45, 2.75) is 46.1 Å². The largest absolute Gasteiger partial charge is 0.371 e. The Labute approximate surface area is 143 Å². The summed E-state index contributed by atoms with van der Waals surface area (Å²) in [5, 5.41) is 0. The summed E-state index contributed by atoms with van der Waals surface area (Å²) in [7, 11) is 0. The molecule has 0 aromatic carbocycles. The van der Waals surface area contributed by atoms with Gasteiger partial charge in [-0.15, -0.1) is 0 Å². The number of hydrogen-bond acceptors (Lipinski definition) is 4. The Morgan fingerprint density at radius 2 is 1.96 bits per heavy atom. The average Bonchev–Trinajstić information content (AvgIpc) is 2.57. The second kappa shape index (κ2) is 7.16. The minimum Gasteiger partial charge on any atom is -0.371 e. The average molecular weight is 326 g/mol. The van der Waals surface area contributed by atoms with E-state index in [9.17, 15) is 4.79 Å². The van der Waals surface area contributed by atoms with Crippen LogP contribution in [-0.4, -0.2) is 27.6 Å². The zero-order chi connectivity index (χ0) is 17.1. The van der Waals surface area contributed by atoms with E-state index in [1.54, 1.807) is 17.0 Å². The molecule has 128 valence electrons. The number of aryl methyl sites for hydroxylation is 1. The van der Waals surface area contributed by atoms with Crippen LogP contribution in [0.25, 0.3) is 0 Å². The first-order valence-electron chi connectivity index (χ1n) is 8.77. The molecule has 5 heteroatoms. The maximum atomic E-state index is 12.2. The summed E-state index contributed by atoms with van der Waals surface area (Å²) in [5.41, 5.74) is 3.25. The molecule has 0 spiro atoms. The fraction of sp³-hybridized carbons (Fsp3) is 0.526. The third-order valence-corrected chi connectivity index (χ3v) is 4.81. The Balaban J connectivity index is 1.60. The molecular weight excluding hydrogens is 300 g/mol. The Kier molecular flexibility index (Phi) is 4.97. The zero-order valence-electron chi connectivity index (χ0n) is 14.8. The Morgan fingerprint density at radius 1 is 1.21 bits per heavy atom. The number of pyridine rings is 1. The molecule has 0 saturated carbocycles. The van der Waals surface area contributed by atoms with E-state index < -0.39 is 0 Å². The van der Waals surface area contributed by atoms with Crippen molar-refractivity contribution in [3.63, 3.8) is 0 Å². The highest BCUT2D eigenvalue weighted by atomic mass is 16.1. The van der Waals surface area contributed by atoms with Gasteiger partial charge >= 0.3 is 0 Å². The SMILES string of the molecule is Cc1cc(N2CCC(Cn3cnc(C(C)C)cc3=O)CC2)ccn1. The molecule has 2 aromatic heterocycles. The number of piperidine rings is 1. The lowest BCUT2D eigenvalue weighted by Gasteiger charge is -2.33. The maximum Gasteiger partial charge on any atom is 0.253 e. The first-order valence-corrected chi connectivity index (χ1v) is 8.77. The van der Waals surface area contributed by atoms with Crippen molar-refractivity contribution in [3.8, 4) is 0 Å². The molecule has 1 aliphatic heterocycles. The van der Waals surface area contributed by atoms with Crippen molar-refractivity contribution < 1.29 is 0 Å². The number of anilines is 1. The topological polar surface area (TPSA) is 51.0 Å². The van der Waals surface area contributed by atoms with Crippen LogP contribution in [0.5, 0.6) is 0 Å². The Hall–Kier alpha value is -2.17. The van der Waals surface area contributed by atoms with Gasteiger partial charge in [0.1, 0.15) is 0 Å². The lowest BCUT2D eigenvalue weighted by atomic mass is 9.96. The fourth-order valence-corrected chi connectivity index (χ4v) is 3.27. The predicted molar refractivity (Wildman–Crippen MR) is 96.5 cm³/mol. The minimum absolute atomic E-state index is 0.0703. The van der Waals surface area contributed by atoms with E-state index >= 15 is 0 Å². The van der Waals surface area contributed by atoms with Crippen LogP contribution < -0.4 is 10.5 Å². The van der Waals surface area contributed by atoms with Gasteiger partial charge in [-0.2, -0.15) is 0 Å². The molecule has 1 aliphatic rings. The quantitative estimate of drug-likeness (QED) is 0.867. The van der Waals surface area contributed by atoms with Crippen LogP contribution in [0.1, 0.15) is 44.0 Å². The number of nitrogens with zero attached hydrogens (tertiary/aromatic N) is 4. The van der Waals surface area contributed by atoms with E-state index in [0.29, 0.717) is 11.8 Å². The van der Waals surface area contributed by atoms with Crippen molar-refractivity contribution in [2.75, 3.05) is 18.0 Å². The van der Waals surface area contributed by atoms with Gasteiger partial charge in [0, 0.05) is 43.3 Å². The summed E-state index contributed by atoms with van der Waals surface area (Å²) >= 11 is 0. The van der Waals surface area contributed by atoms with E-state index in [0.717, 1.165) is 43.9 Å². The molecule has 0 N–H and O–H groups in total. The first-order chi connectivity index (χ1) is 11.5. The van der Waals surface area contributed by atoms with Gasteiger partial charge in [0.15, 0.2) is 0 Å². The molecule has 0 unspecified atom stereocenters. The second-order valence-corrected chi connectivity index (χ2v) is 7.04. The molecule has 1 saturated heterocycles. The van der Waals surface area contributed by atoms with Gasteiger partial charge in [0.2, 0.25) is 0 Å². The van der Waals surface area contributed by atoms with Crippen molar-refractivity contribution >= 4 is 5.69 Å². The normalized spacial score (nSPS) is 15.9. The van der Waals surface area contributed by atoms with Crippen molar-refractivity contribution in [2.24, 2.45) is 5.92 Å². The Morgan fingerprint density at radius 3 is 2.58 bits per heavy atom. The summed E-state index contributed by atoms with van der Waals surface area (Å²) in [6.45, 7) is 8.97. The molecule has 2 aromatic rings. The van der Waals surface area contributed by atoms with Crippen LogP contribution in [0.15, 0.2) is 35.5 Å². The van der Waals surface area contributed by atoms with E-state index in [1.807, 2.05) is 13.1 Å². The number of aromatic nitrogens is 3. The van der Waals surface area contributed by atoms with E-state index in [-0.39, 0.29) is 5.56 Å². The molecule has 0 aliphatic carbocycles. The van der Waals surface area contributed by atoms with Crippen molar-refractivity contribution in [3.05, 3.63) is 52.5 Å². The van der Waals surface area contributed by atoms with Crippen molar-refractivity contribution in [1.82, 2.24) is 14.5 Å². The number of hydrogen-bond donors (Lipinski definition) is 0. The third kappa shape index (κ3) is 3.83. The maximum absolute atomic E-state index is 12.2. The molecule has 0 bridgehead atoms. The standard InChI is InChI=1S/C19H26N4O/c1-14(2)18-11-19(24)23(13-21-18)12-16-5-8-22(9-6-16)17-4-7-20-15(3)10-17/h4,7,10-11,13-14,16H,5-6,8-9,12H2,1-3H3. The van der Waals surface area contributed by atoms with E-state index in [2.05, 4.69) is 40.8 Å². The highest BCUT2D eigenvalue weighted by molar-refractivity contribution is 5.46. The Bertz CT molecular complexity index is 745. The van der Waals surface area contributed by atoms with Gasteiger partial charge in [-0.05, 0) is 43.7 Å². The molecule has 1 fully saturated rings. The summed E-state index contributed by atoms with van der Waals surface area (Å²) in [4.78, 5) is 23.3. The van der Waals surface area contributed by atoms with Gasteiger partial charge < -0.3 is 4.90 Å². The highest BCUT2D eigenvalue weighted by Crippen LogP contribution is 2.24. The monoisotopic (exact) mass is 326 g/mol. The molecule has 0 radical (unpaired) electrons. The minimum atomic E-state index is 0.0703. The van der Waals surface area contributed by atoms with Gasteiger partial charge in [-0.25, -0.2) is 4.98 Å². The lowest BCUT2D eigenvalue weighted by molar-refractivity contribution is 0.350. The van der Waals surface area contributed by atoms with Crippen LogP contribution in [0.3, 0.4) is 0 Å². The molecule has 0 atom stereocenters. The molecule has 0 amide bonds. The summed E-state index contributed by atoms with van der Waals surface area (Å²) < 4.78 is 1.77. The molecule has 3 rings (SSSR count). The fourth-order valence-electron chi connectivity index (χ4n) is 3.27. The van der Waals surface area contributed by atoms with Crippen molar-refractivity contribution in [1.29, 1.82) is 0 Å². The van der Waals surface area contributed by atoms with Crippen LogP contribution in [0.4, 0.5) is 5.69 Å². The molecule has 24 heavy (non-hydrogen) atoms. The zero-order valence-corrected chi connectivity index (χ0v) is 14.8. The van der Waals surface area contributed by atoms with E-state index in [1.165, 1.54) is 5.69 Å².